The molecule has 204 valence electrons. The van der Waals surface area contributed by atoms with E-state index < -0.39 is 17.5 Å². The normalized spacial score (nSPS) is 16.1. The number of aryl methyl sites for hydroxylation is 1. The van der Waals surface area contributed by atoms with Crippen molar-refractivity contribution in [3.8, 4) is 22.6 Å². The second kappa shape index (κ2) is 9.99. The Balaban J connectivity index is 1.21. The SMILES string of the molecule is Cc1cc(-c2ccccc2)c(C(=O)C(=O)Nc2cc(O)c3c(c2)OC[C@@H]2CN(c4ncc(F)cn4)CCN32)n1C. The molecule has 40 heavy (non-hydrogen) atoms. The van der Waals surface area contributed by atoms with Gasteiger partial charge in [-0.25, -0.2) is 14.4 Å². The number of Topliss-reactive ketones (excluding diaryl/α,β-unsaturated/α-hetero) is 1. The Morgan fingerprint density at radius 2 is 1.85 bits per heavy atom. The molecule has 2 N–H and O–H groups in total. The molecule has 10 nitrogen and oxygen atoms in total. The summed E-state index contributed by atoms with van der Waals surface area (Å²) in [4.78, 5) is 38.6. The van der Waals surface area contributed by atoms with Crippen molar-refractivity contribution in [3.05, 3.63) is 78.1 Å². The number of benzene rings is 2. The highest BCUT2D eigenvalue weighted by atomic mass is 19.1. The maximum absolute atomic E-state index is 13.3. The molecular formula is C29H27FN6O4. The Kier molecular flexibility index (Phi) is 6.33. The lowest BCUT2D eigenvalue weighted by molar-refractivity contribution is -0.112. The average molecular weight is 543 g/mol. The molecule has 4 aromatic rings. The zero-order valence-electron chi connectivity index (χ0n) is 22.0. The van der Waals surface area contributed by atoms with Crippen LogP contribution < -0.4 is 19.9 Å². The van der Waals surface area contributed by atoms with Crippen molar-refractivity contribution in [2.45, 2.75) is 13.0 Å². The van der Waals surface area contributed by atoms with Gasteiger partial charge < -0.3 is 29.5 Å². The largest absolute Gasteiger partial charge is 0.506 e. The molecule has 1 amide bonds. The van der Waals surface area contributed by atoms with Crippen LogP contribution in [0.25, 0.3) is 11.1 Å². The van der Waals surface area contributed by atoms with Gasteiger partial charge in [-0.3, -0.25) is 9.59 Å². The highest BCUT2D eigenvalue weighted by Crippen LogP contribution is 2.44. The molecule has 0 aliphatic carbocycles. The summed E-state index contributed by atoms with van der Waals surface area (Å²) in [5.41, 5.74) is 3.40. The van der Waals surface area contributed by atoms with Crippen LogP contribution in [0.1, 0.15) is 16.2 Å². The summed E-state index contributed by atoms with van der Waals surface area (Å²) < 4.78 is 20.9. The number of carbonyl (C=O) groups excluding carboxylic acids is 2. The van der Waals surface area contributed by atoms with Gasteiger partial charge in [0.05, 0.1) is 18.4 Å². The Bertz CT molecular complexity index is 1610. The first kappa shape index (κ1) is 25.4. The third-order valence-electron chi connectivity index (χ3n) is 7.38. The molecule has 0 unspecified atom stereocenters. The van der Waals surface area contributed by atoms with E-state index in [-0.39, 0.29) is 23.2 Å². The topological polar surface area (TPSA) is 113 Å². The fourth-order valence-corrected chi connectivity index (χ4v) is 5.33. The highest BCUT2D eigenvalue weighted by Gasteiger charge is 2.36. The number of ketones is 1. The highest BCUT2D eigenvalue weighted by molar-refractivity contribution is 6.47. The first-order valence-electron chi connectivity index (χ1n) is 12.9. The minimum atomic E-state index is -0.820. The first-order chi connectivity index (χ1) is 19.3. The molecule has 6 rings (SSSR count). The summed E-state index contributed by atoms with van der Waals surface area (Å²) in [5.74, 6) is -1.24. The van der Waals surface area contributed by atoms with E-state index in [9.17, 15) is 19.1 Å². The number of nitrogens with zero attached hydrogens (tertiary/aromatic N) is 5. The lowest BCUT2D eigenvalue weighted by Gasteiger charge is -2.45. The van der Waals surface area contributed by atoms with Crippen LogP contribution in [-0.2, 0) is 11.8 Å². The first-order valence-corrected chi connectivity index (χ1v) is 12.9. The molecule has 1 saturated heterocycles. The van der Waals surface area contributed by atoms with Crippen molar-refractivity contribution in [1.82, 2.24) is 14.5 Å². The number of phenolic OH excluding ortho intramolecular Hbond substituents is 1. The van der Waals surface area contributed by atoms with Gasteiger partial charge in [-0.15, -0.1) is 0 Å². The number of carbonyl (C=O) groups is 2. The standard InChI is InChI=1S/C29H27FN6O4/c1-17-10-22(18-6-4-3-5-7-18)25(34(17)2)27(38)28(39)33-20-11-23(37)26-24(12-20)40-16-21-15-35(8-9-36(21)26)29-31-13-19(30)14-32-29/h3-7,10-14,21,37H,8-9,15-16H2,1-2H3,(H,33,39)/t21-/m0/s1. The number of aromatic nitrogens is 3. The average Bonchev–Trinajstić information content (AvgIpc) is 3.26. The maximum atomic E-state index is 13.3. The van der Waals surface area contributed by atoms with E-state index in [2.05, 4.69) is 15.3 Å². The lowest BCUT2D eigenvalue weighted by atomic mass is 10.0. The zero-order chi connectivity index (χ0) is 28.0. The molecular weight excluding hydrogens is 515 g/mol. The van der Waals surface area contributed by atoms with Crippen molar-refractivity contribution in [1.29, 1.82) is 0 Å². The molecule has 0 radical (unpaired) electrons. The Labute approximate surface area is 229 Å². The number of aromatic hydroxyl groups is 1. The molecule has 4 heterocycles. The van der Waals surface area contributed by atoms with Gasteiger partial charge in [-0.05, 0) is 18.6 Å². The van der Waals surface area contributed by atoms with Gasteiger partial charge in [0, 0.05) is 55.8 Å². The van der Waals surface area contributed by atoms with Gasteiger partial charge in [-0.1, -0.05) is 30.3 Å². The molecule has 2 aliphatic rings. The second-order valence-electron chi connectivity index (χ2n) is 9.90. The van der Waals surface area contributed by atoms with Crippen molar-refractivity contribution < 1.29 is 23.8 Å². The summed E-state index contributed by atoms with van der Waals surface area (Å²) in [7, 11) is 1.75. The van der Waals surface area contributed by atoms with E-state index in [0.717, 1.165) is 23.7 Å². The van der Waals surface area contributed by atoms with Gasteiger partial charge >= 0.3 is 0 Å². The third kappa shape index (κ3) is 4.49. The summed E-state index contributed by atoms with van der Waals surface area (Å²) >= 11 is 0. The van der Waals surface area contributed by atoms with Crippen LogP contribution in [0.5, 0.6) is 11.5 Å². The van der Waals surface area contributed by atoms with Gasteiger partial charge in [0.25, 0.3) is 11.7 Å². The molecule has 0 saturated carbocycles. The molecule has 11 heteroatoms. The van der Waals surface area contributed by atoms with Crippen LogP contribution in [0.3, 0.4) is 0 Å². The number of fused-ring (bicyclic) bond motifs is 3. The van der Waals surface area contributed by atoms with Crippen LogP contribution in [0.4, 0.5) is 21.7 Å². The fourth-order valence-electron chi connectivity index (χ4n) is 5.33. The van der Waals surface area contributed by atoms with E-state index in [1.807, 2.05) is 53.1 Å². The smallest absolute Gasteiger partial charge is 0.298 e. The number of rotatable bonds is 5. The number of halogens is 1. The van der Waals surface area contributed by atoms with Crippen LogP contribution in [0.2, 0.25) is 0 Å². The molecule has 0 spiro atoms. The summed E-state index contributed by atoms with van der Waals surface area (Å²) in [6.07, 6.45) is 2.27. The lowest BCUT2D eigenvalue weighted by Crippen LogP contribution is -2.57. The molecule has 2 aromatic heterocycles. The quantitative estimate of drug-likeness (QED) is 0.291. The Hall–Kier alpha value is -4.93. The Morgan fingerprint density at radius 3 is 2.60 bits per heavy atom. The van der Waals surface area contributed by atoms with Gasteiger partial charge in [0.1, 0.15) is 29.5 Å². The third-order valence-corrected chi connectivity index (χ3v) is 7.38. The predicted octanol–water partition coefficient (Wildman–Crippen LogP) is 3.54. The maximum Gasteiger partial charge on any atom is 0.298 e. The fraction of sp³-hybridized carbons (Fsp3) is 0.241. The van der Waals surface area contributed by atoms with Crippen molar-refractivity contribution in [2.24, 2.45) is 7.05 Å². The van der Waals surface area contributed by atoms with Crippen molar-refractivity contribution >= 4 is 29.0 Å². The second-order valence-corrected chi connectivity index (χ2v) is 9.90. The minimum absolute atomic E-state index is 0.0730. The van der Waals surface area contributed by atoms with E-state index in [0.29, 0.717) is 49.2 Å². The molecule has 1 fully saturated rings. The van der Waals surface area contributed by atoms with E-state index in [4.69, 9.17) is 4.74 Å². The molecule has 0 bridgehead atoms. The van der Waals surface area contributed by atoms with Crippen LogP contribution in [0.15, 0.2) is 60.9 Å². The monoisotopic (exact) mass is 542 g/mol. The van der Waals surface area contributed by atoms with Crippen LogP contribution in [0, 0.1) is 12.7 Å². The summed E-state index contributed by atoms with van der Waals surface area (Å²) in [6, 6.07) is 14.2. The van der Waals surface area contributed by atoms with Gasteiger partial charge in [0.15, 0.2) is 5.82 Å². The number of hydrogen-bond acceptors (Lipinski definition) is 8. The number of anilines is 3. The summed E-state index contributed by atoms with van der Waals surface area (Å²) in [5, 5.41) is 13.6. The minimum Gasteiger partial charge on any atom is -0.506 e. The van der Waals surface area contributed by atoms with Crippen LogP contribution >= 0.6 is 0 Å². The van der Waals surface area contributed by atoms with Gasteiger partial charge in [-0.2, -0.15) is 0 Å². The van der Waals surface area contributed by atoms with E-state index >= 15 is 0 Å². The van der Waals surface area contributed by atoms with Gasteiger partial charge in [0.2, 0.25) is 5.95 Å². The van der Waals surface area contributed by atoms with Crippen molar-refractivity contribution in [2.75, 3.05) is 41.4 Å². The predicted molar refractivity (Wildman–Crippen MR) is 147 cm³/mol. The van der Waals surface area contributed by atoms with E-state index in [1.54, 1.807) is 17.7 Å². The number of ether oxygens (including phenoxy) is 1. The number of piperazine rings is 1. The zero-order valence-corrected chi connectivity index (χ0v) is 22.0. The number of amides is 1. The number of nitrogens with one attached hydrogen (secondary N) is 1. The number of hydrogen-bond donors (Lipinski definition) is 2. The Morgan fingerprint density at radius 1 is 1.10 bits per heavy atom. The summed E-state index contributed by atoms with van der Waals surface area (Å²) in [6.45, 7) is 3.84. The molecule has 1 atom stereocenters. The molecule has 2 aliphatic heterocycles. The molecule has 2 aromatic carbocycles. The van der Waals surface area contributed by atoms with Crippen molar-refractivity contribution in [3.63, 3.8) is 0 Å². The number of phenols is 1. The van der Waals surface area contributed by atoms with E-state index in [1.165, 1.54) is 6.07 Å². The van der Waals surface area contributed by atoms with Crippen LogP contribution in [-0.4, -0.2) is 63.6 Å².